The number of likely N-dealkylation sites (N-methyl/N-ethyl adjacent to an activating group) is 1. The van der Waals surface area contributed by atoms with Crippen LogP contribution in [0.3, 0.4) is 0 Å². The van der Waals surface area contributed by atoms with E-state index >= 15 is 0 Å². The molecule has 4 aliphatic carbocycles. The van der Waals surface area contributed by atoms with Crippen molar-refractivity contribution in [2.75, 3.05) is 52.4 Å². The van der Waals surface area contributed by atoms with Crippen molar-refractivity contribution < 1.29 is 4.25 Å². The monoisotopic (exact) mass is 1020 g/mol. The molecule has 1 unspecified atom stereocenters. The van der Waals surface area contributed by atoms with Crippen molar-refractivity contribution in [3.05, 3.63) is 90.6 Å². The molecule has 0 saturated heterocycles. The highest BCUT2D eigenvalue weighted by Gasteiger charge is 2.42. The first-order valence-electron chi connectivity index (χ1n) is 27.7. The number of nitriles is 4. The summed E-state index contributed by atoms with van der Waals surface area (Å²) in [6.45, 7) is 61.8. The van der Waals surface area contributed by atoms with E-state index in [0.29, 0.717) is 48.4 Å². The summed E-state index contributed by atoms with van der Waals surface area (Å²) in [7, 11) is -0.804. The second-order valence-electron chi connectivity index (χ2n) is 18.7. The molecule has 0 heterocycles. The third-order valence-electron chi connectivity index (χ3n) is 14.1. The summed E-state index contributed by atoms with van der Waals surface area (Å²) in [6.07, 6.45) is 22.7. The molecule has 0 spiro atoms. The average molecular weight is 1020 g/mol. The van der Waals surface area contributed by atoms with Crippen LogP contribution in [0.25, 0.3) is 19.4 Å². The van der Waals surface area contributed by atoms with Crippen molar-refractivity contribution in [3.63, 3.8) is 0 Å². The number of hydrogen-bond donors (Lipinski definition) is 0. The van der Waals surface area contributed by atoms with Gasteiger partial charge in [0.05, 0.1) is 71.9 Å². The van der Waals surface area contributed by atoms with Crippen molar-refractivity contribution in [2.45, 2.75) is 199 Å². The first-order valence-corrected chi connectivity index (χ1v) is 29.8. The fourth-order valence-corrected chi connectivity index (χ4v) is 14.8. The first-order chi connectivity index (χ1) is 34.9. The standard InChI is InChI=1S/C21H29N6P.C21H30N6P.C10H18.2C3H8/c1-7-26(8-2)28(27(9-3)10-4)21(19(16-23)25-6)20(18(15-22)24-5)17-13-11-12-14-17;1-7-26(8-2)28-27(9-3,10-4)21(19(16-23)25-6)20(18(15-22)24-5)17-13-11-12-14-17;1-2-6-9(5-1)10-7-3-4-8-10;2*1-3-2/h17H,7-14H2,1-4H3;17,28H,7-14H2,1-4H3;9-10H,1-8H2;2*3H2,1-2H3/q;+1;;;/b20-18+,21-19+;20-18-,21-19-;;;. The second-order valence-corrected chi connectivity index (χ2v) is 22.6. The Morgan fingerprint density at radius 2 is 0.778 bits per heavy atom. The highest BCUT2D eigenvalue weighted by molar-refractivity contribution is 7.57. The van der Waals surface area contributed by atoms with Gasteiger partial charge in [0.2, 0.25) is 0 Å². The number of rotatable bonds is 19. The first kappa shape index (κ1) is 67.6. The zero-order chi connectivity index (χ0) is 54.5. The number of hydrogen-bond acceptors (Lipinski definition) is 7. The summed E-state index contributed by atoms with van der Waals surface area (Å²) < 4.78 is 7.30. The Bertz CT molecular complexity index is 1970. The number of allylic oxidation sites excluding steroid dienone is 7. The van der Waals surface area contributed by atoms with E-state index < -0.39 is 8.22 Å². The van der Waals surface area contributed by atoms with Gasteiger partial charge in [0, 0.05) is 50.2 Å². The lowest BCUT2D eigenvalue weighted by Gasteiger charge is -2.42. The van der Waals surface area contributed by atoms with Crippen LogP contribution in [0.5, 0.6) is 0 Å². The topological polar surface area (TPSA) is 122 Å². The summed E-state index contributed by atoms with van der Waals surface area (Å²) in [5.41, 5.74) is 2.09. The van der Waals surface area contributed by atoms with E-state index in [9.17, 15) is 21.0 Å². The van der Waals surface area contributed by atoms with Gasteiger partial charge < -0.3 is 0 Å². The molecule has 4 rings (SSSR count). The van der Waals surface area contributed by atoms with Gasteiger partial charge in [0.1, 0.15) is 5.70 Å². The van der Waals surface area contributed by atoms with E-state index in [1.165, 1.54) is 38.5 Å². The third-order valence-corrected chi connectivity index (χ3v) is 19.3. The Morgan fingerprint density at radius 3 is 1.06 bits per heavy atom. The predicted octanol–water partition coefficient (Wildman–Crippen LogP) is 17.0. The highest BCUT2D eigenvalue weighted by Crippen LogP contribution is 2.59. The van der Waals surface area contributed by atoms with Gasteiger partial charge in [0.15, 0.2) is 8.88 Å². The minimum atomic E-state index is -1.14. The zero-order valence-corrected chi connectivity index (χ0v) is 48.9. The molecule has 14 heteroatoms. The summed E-state index contributed by atoms with van der Waals surface area (Å²) in [5, 5.41) is 39.6. The van der Waals surface area contributed by atoms with Crippen LogP contribution in [-0.4, -0.2) is 70.6 Å². The van der Waals surface area contributed by atoms with Gasteiger partial charge in [-0.1, -0.05) is 159 Å². The van der Waals surface area contributed by atoms with Crippen molar-refractivity contribution >= 4 is 17.1 Å². The lowest BCUT2D eigenvalue weighted by atomic mass is 9.90. The molecule has 0 radical (unpaired) electrons. The van der Waals surface area contributed by atoms with Crippen molar-refractivity contribution in [2.24, 2.45) is 23.7 Å². The van der Waals surface area contributed by atoms with Gasteiger partial charge in [-0.15, -0.1) is 0 Å². The fourth-order valence-electron chi connectivity index (χ4n) is 10.5. The van der Waals surface area contributed by atoms with Gasteiger partial charge >= 0.3 is 5.70 Å². The van der Waals surface area contributed by atoms with Crippen molar-refractivity contribution in [1.29, 1.82) is 21.0 Å². The van der Waals surface area contributed by atoms with Crippen LogP contribution in [0.2, 0.25) is 0 Å². The second kappa shape index (κ2) is 40.0. The normalized spacial score (nSPS) is 17.6. The Kier molecular flexibility index (Phi) is 37.6. The van der Waals surface area contributed by atoms with Crippen LogP contribution in [-0.2, 0) is 0 Å². The molecule has 0 aromatic heterocycles. The minimum Gasteiger partial charge on any atom is -0.276 e. The quantitative estimate of drug-likeness (QED) is 0.0546. The molecule has 12 nitrogen and oxygen atoms in total. The van der Waals surface area contributed by atoms with Crippen LogP contribution in [0, 0.1) is 95.3 Å². The predicted molar refractivity (Wildman–Crippen MR) is 302 cm³/mol. The molecule has 4 saturated carbocycles. The molecule has 0 aromatic rings. The van der Waals surface area contributed by atoms with E-state index in [0.717, 1.165) is 102 Å². The van der Waals surface area contributed by atoms with E-state index in [1.54, 1.807) is 25.7 Å². The fraction of sp³-hybridized carbons (Fsp3) is 0.724. The van der Waals surface area contributed by atoms with Gasteiger partial charge in [-0.05, 0) is 68.8 Å². The van der Waals surface area contributed by atoms with Gasteiger partial charge in [0.25, 0.3) is 17.1 Å². The van der Waals surface area contributed by atoms with E-state index in [2.05, 4.69) is 141 Å². The van der Waals surface area contributed by atoms with Crippen LogP contribution in [0.15, 0.2) is 44.9 Å². The molecule has 1 atom stereocenters. The van der Waals surface area contributed by atoms with Gasteiger partial charge in [-0.25, -0.2) is 45.1 Å². The van der Waals surface area contributed by atoms with Gasteiger partial charge in [-0.2, -0.15) is 0 Å². The maximum atomic E-state index is 9.79. The van der Waals surface area contributed by atoms with E-state index in [-0.39, 0.29) is 34.6 Å². The van der Waals surface area contributed by atoms with E-state index in [1.807, 2.05) is 0 Å². The lowest BCUT2D eigenvalue weighted by Crippen LogP contribution is -2.44. The maximum Gasteiger partial charge on any atom is 0.319 e. The number of quaternary nitrogens is 1. The molecule has 0 bridgehead atoms. The Morgan fingerprint density at radius 1 is 0.472 bits per heavy atom. The largest absolute Gasteiger partial charge is 0.319 e. The molecule has 4 fully saturated rings. The zero-order valence-electron chi connectivity index (χ0n) is 47.0. The molecular weight excluding hydrogens is 927 g/mol. The molecule has 0 aliphatic heterocycles. The molecule has 0 N–H and O–H groups in total. The summed E-state index contributed by atoms with van der Waals surface area (Å²) in [6, 6.07) is 8.32. The van der Waals surface area contributed by atoms with Crippen LogP contribution in [0.1, 0.15) is 199 Å². The molecule has 394 valence electrons. The van der Waals surface area contributed by atoms with Crippen LogP contribution in [0.4, 0.5) is 0 Å². The summed E-state index contributed by atoms with van der Waals surface area (Å²) in [5.74, 6) is 2.45. The van der Waals surface area contributed by atoms with Crippen molar-refractivity contribution in [1.82, 2.24) is 14.0 Å². The van der Waals surface area contributed by atoms with Gasteiger partial charge in [-0.3, -0.25) is 13.6 Å². The molecule has 72 heavy (non-hydrogen) atoms. The maximum absolute atomic E-state index is 9.79. The smallest absolute Gasteiger partial charge is 0.276 e. The van der Waals surface area contributed by atoms with E-state index in [4.69, 9.17) is 26.3 Å². The molecule has 4 aliphatic rings. The van der Waals surface area contributed by atoms with Crippen LogP contribution >= 0.6 is 17.1 Å². The Labute approximate surface area is 444 Å². The number of nitrogens with zero attached hydrogens (tertiary/aromatic N) is 12. The SMILES string of the molecule is C1CCC(C2CCCC2)C1.CCC.CCC.[C-]#[N+]/C(C#N)=C(/C(=C(/C#N)[N+]#[C-])P(N(CC)CC)N(CC)CC)C1CCCC1.[C-]#[N+]/C(C#N)=C(\C(=C(/C#N)[N+]#[C-])[N+](CC)(CC)PN(CC)CC)C1CCCC1. The minimum absolute atomic E-state index is 0.0293. The molecule has 0 aromatic carbocycles. The highest BCUT2D eigenvalue weighted by atomic mass is 31.1. The lowest BCUT2D eigenvalue weighted by molar-refractivity contribution is -0.760. The Hall–Kier alpha value is -4.42. The van der Waals surface area contributed by atoms with Crippen molar-refractivity contribution in [3.8, 4) is 24.3 Å². The molecular formula is C58H93N12P2+. The van der Waals surface area contributed by atoms with Crippen LogP contribution < -0.4 is 0 Å². The average Bonchev–Trinajstić information content (AvgIpc) is 4.28. The summed E-state index contributed by atoms with van der Waals surface area (Å²) in [4.78, 5) is 14.2. The third kappa shape index (κ3) is 20.1. The Balaban J connectivity index is 0.00000107. The molecule has 0 amide bonds. The summed E-state index contributed by atoms with van der Waals surface area (Å²) >= 11 is 0.